The fourth-order valence-electron chi connectivity index (χ4n) is 1.95. The van der Waals surface area contributed by atoms with Gasteiger partial charge in [0.15, 0.2) is 5.76 Å². The maximum Gasteiger partial charge on any atom is 0.169 e. The summed E-state index contributed by atoms with van der Waals surface area (Å²) in [6.45, 7) is 0. The van der Waals surface area contributed by atoms with E-state index in [1.165, 1.54) is 0 Å². The SMILES string of the molecule is Cl.Cl.N=C(N)c1ccc(-c2cc(-c3ccc(C(=N)N)nc3)on2)cn1. The first kappa shape index (κ1) is 20.1. The molecule has 25 heavy (non-hydrogen) atoms. The largest absolute Gasteiger partial charge is 0.382 e. The average Bonchev–Trinajstić information content (AvgIpc) is 3.05. The smallest absolute Gasteiger partial charge is 0.169 e. The van der Waals surface area contributed by atoms with E-state index in [4.69, 9.17) is 26.8 Å². The van der Waals surface area contributed by atoms with Crippen molar-refractivity contribution in [1.29, 1.82) is 10.8 Å². The molecule has 0 bridgehead atoms. The summed E-state index contributed by atoms with van der Waals surface area (Å²) in [7, 11) is 0. The first-order chi connectivity index (χ1) is 11.0. The van der Waals surface area contributed by atoms with E-state index in [2.05, 4.69) is 15.1 Å². The summed E-state index contributed by atoms with van der Waals surface area (Å²) in [5, 5.41) is 18.6. The topological polar surface area (TPSA) is 152 Å². The van der Waals surface area contributed by atoms with Crippen LogP contribution in [-0.4, -0.2) is 26.8 Å². The van der Waals surface area contributed by atoms with Crippen molar-refractivity contribution in [2.24, 2.45) is 11.5 Å². The molecule has 0 unspecified atom stereocenters. The van der Waals surface area contributed by atoms with Gasteiger partial charge >= 0.3 is 0 Å². The molecule has 0 aliphatic carbocycles. The molecule has 3 heterocycles. The third-order valence-corrected chi connectivity index (χ3v) is 3.17. The maximum absolute atomic E-state index is 7.32. The molecule has 0 amide bonds. The molecule has 0 aliphatic rings. The van der Waals surface area contributed by atoms with Gasteiger partial charge in [0.25, 0.3) is 0 Å². The molecule has 8 nitrogen and oxygen atoms in total. The van der Waals surface area contributed by atoms with Gasteiger partial charge in [0.1, 0.15) is 28.8 Å². The molecule has 0 atom stereocenters. The highest BCUT2D eigenvalue weighted by molar-refractivity contribution is 5.93. The minimum absolute atomic E-state index is 0. The number of nitrogens with two attached hydrogens (primary N) is 2. The highest BCUT2D eigenvalue weighted by Crippen LogP contribution is 2.25. The number of hydrogen-bond acceptors (Lipinski definition) is 6. The zero-order valence-electron chi connectivity index (χ0n) is 12.8. The molecule has 3 aromatic heterocycles. The lowest BCUT2D eigenvalue weighted by Gasteiger charge is -1.98. The van der Waals surface area contributed by atoms with Gasteiger partial charge in [-0.1, -0.05) is 5.16 Å². The first-order valence-corrected chi connectivity index (χ1v) is 6.63. The molecular formula is C15H15Cl2N7O. The summed E-state index contributed by atoms with van der Waals surface area (Å²) in [4.78, 5) is 8.17. The van der Waals surface area contributed by atoms with Crippen LogP contribution in [0.3, 0.4) is 0 Å². The third-order valence-electron chi connectivity index (χ3n) is 3.17. The Morgan fingerprint density at radius 3 is 1.80 bits per heavy atom. The van der Waals surface area contributed by atoms with E-state index in [1.807, 2.05) is 0 Å². The molecule has 0 aromatic carbocycles. The van der Waals surface area contributed by atoms with Gasteiger partial charge in [0.05, 0.1) is 0 Å². The Kier molecular flexibility index (Phi) is 6.60. The summed E-state index contributed by atoms with van der Waals surface area (Å²) >= 11 is 0. The zero-order valence-corrected chi connectivity index (χ0v) is 14.4. The van der Waals surface area contributed by atoms with Crippen LogP contribution in [0.15, 0.2) is 47.2 Å². The minimum Gasteiger partial charge on any atom is -0.382 e. The van der Waals surface area contributed by atoms with E-state index in [0.29, 0.717) is 22.8 Å². The first-order valence-electron chi connectivity index (χ1n) is 6.63. The van der Waals surface area contributed by atoms with Gasteiger partial charge in [0.2, 0.25) is 0 Å². The van der Waals surface area contributed by atoms with Crippen LogP contribution in [0.2, 0.25) is 0 Å². The highest BCUT2D eigenvalue weighted by Gasteiger charge is 2.10. The summed E-state index contributed by atoms with van der Waals surface area (Å²) in [5.74, 6) is 0.360. The zero-order chi connectivity index (χ0) is 16.4. The molecule has 10 heteroatoms. The number of nitrogens with one attached hydrogen (secondary N) is 2. The molecule has 0 spiro atoms. The normalized spacial score (nSPS) is 9.60. The number of pyridine rings is 2. The van der Waals surface area contributed by atoms with Crippen LogP contribution in [0, 0.1) is 10.8 Å². The van der Waals surface area contributed by atoms with Crippen molar-refractivity contribution < 1.29 is 4.52 Å². The van der Waals surface area contributed by atoms with Crippen LogP contribution >= 0.6 is 24.8 Å². The Labute approximate surface area is 155 Å². The average molecular weight is 380 g/mol. The van der Waals surface area contributed by atoms with Crippen molar-refractivity contribution in [2.75, 3.05) is 0 Å². The second-order valence-electron chi connectivity index (χ2n) is 4.77. The number of nitrogens with zero attached hydrogens (tertiary/aromatic N) is 3. The molecule has 0 radical (unpaired) electrons. The van der Waals surface area contributed by atoms with E-state index < -0.39 is 0 Å². The van der Waals surface area contributed by atoms with Gasteiger partial charge in [0, 0.05) is 29.6 Å². The molecule has 0 saturated heterocycles. The summed E-state index contributed by atoms with van der Waals surface area (Å²) in [6, 6.07) is 8.57. The Morgan fingerprint density at radius 1 is 0.840 bits per heavy atom. The van der Waals surface area contributed by atoms with Gasteiger partial charge in [-0.3, -0.25) is 20.8 Å². The third kappa shape index (κ3) is 4.31. The van der Waals surface area contributed by atoms with E-state index in [9.17, 15) is 0 Å². The molecule has 6 N–H and O–H groups in total. The molecule has 0 saturated carbocycles. The lowest BCUT2D eigenvalue weighted by molar-refractivity contribution is 0.435. The van der Waals surface area contributed by atoms with Gasteiger partial charge in [-0.05, 0) is 24.3 Å². The lowest BCUT2D eigenvalue weighted by atomic mass is 10.1. The number of amidine groups is 2. The number of rotatable bonds is 4. The summed E-state index contributed by atoms with van der Waals surface area (Å²) in [5.41, 5.74) is 13.6. The van der Waals surface area contributed by atoms with Gasteiger partial charge < -0.3 is 16.0 Å². The molecule has 3 aromatic rings. The molecule has 0 aliphatic heterocycles. The van der Waals surface area contributed by atoms with Crippen LogP contribution in [0.1, 0.15) is 11.4 Å². The van der Waals surface area contributed by atoms with Crippen molar-refractivity contribution in [3.05, 3.63) is 54.1 Å². The Morgan fingerprint density at radius 2 is 1.36 bits per heavy atom. The quantitative estimate of drug-likeness (QED) is 0.402. The lowest BCUT2D eigenvalue weighted by Crippen LogP contribution is -2.12. The van der Waals surface area contributed by atoms with Crippen LogP contribution in [0.25, 0.3) is 22.6 Å². The molecule has 3 rings (SSSR count). The second-order valence-corrected chi connectivity index (χ2v) is 4.77. The maximum atomic E-state index is 7.32. The summed E-state index contributed by atoms with van der Waals surface area (Å²) in [6.07, 6.45) is 3.15. The van der Waals surface area contributed by atoms with E-state index in [0.717, 1.165) is 11.1 Å². The monoisotopic (exact) mass is 379 g/mol. The van der Waals surface area contributed by atoms with Crippen LogP contribution < -0.4 is 11.5 Å². The van der Waals surface area contributed by atoms with E-state index >= 15 is 0 Å². The fourth-order valence-corrected chi connectivity index (χ4v) is 1.95. The predicted octanol–water partition coefficient (Wildman–Crippen LogP) is 2.21. The van der Waals surface area contributed by atoms with Crippen molar-refractivity contribution >= 4 is 36.5 Å². The standard InChI is InChI=1S/C15H13N7O.2ClH/c16-14(17)10-3-1-8(6-20-10)12-5-13(23-22-12)9-2-4-11(15(18)19)21-7-9;;/h1-7H,(H3,16,17)(H3,18,19);2*1H. The molecular weight excluding hydrogens is 365 g/mol. The number of halogens is 2. The Hall–Kier alpha value is -2.97. The Bertz CT molecular complexity index is 804. The van der Waals surface area contributed by atoms with Crippen LogP contribution in [-0.2, 0) is 0 Å². The number of nitrogen functional groups attached to an aromatic ring is 2. The van der Waals surface area contributed by atoms with Gasteiger partial charge in [-0.15, -0.1) is 24.8 Å². The number of hydrogen-bond donors (Lipinski definition) is 4. The number of aromatic nitrogens is 3. The Balaban J connectivity index is 0.00000156. The second kappa shape index (κ2) is 8.22. The van der Waals surface area contributed by atoms with Gasteiger partial charge in [-0.2, -0.15) is 0 Å². The van der Waals surface area contributed by atoms with Gasteiger partial charge in [-0.25, -0.2) is 0 Å². The van der Waals surface area contributed by atoms with Crippen molar-refractivity contribution in [2.45, 2.75) is 0 Å². The summed E-state index contributed by atoms with van der Waals surface area (Å²) < 4.78 is 5.31. The minimum atomic E-state index is -0.0913. The fraction of sp³-hybridized carbons (Fsp3) is 0. The molecule has 0 fully saturated rings. The predicted molar refractivity (Wildman–Crippen MR) is 99.5 cm³/mol. The van der Waals surface area contributed by atoms with E-state index in [-0.39, 0.29) is 36.5 Å². The van der Waals surface area contributed by atoms with Crippen molar-refractivity contribution in [3.8, 4) is 22.6 Å². The van der Waals surface area contributed by atoms with Crippen LogP contribution in [0.5, 0.6) is 0 Å². The van der Waals surface area contributed by atoms with E-state index in [1.54, 1.807) is 42.7 Å². The molecule has 130 valence electrons. The van der Waals surface area contributed by atoms with Crippen molar-refractivity contribution in [3.63, 3.8) is 0 Å². The highest BCUT2D eigenvalue weighted by atomic mass is 35.5. The van der Waals surface area contributed by atoms with Crippen molar-refractivity contribution in [1.82, 2.24) is 15.1 Å². The van der Waals surface area contributed by atoms with Crippen LogP contribution in [0.4, 0.5) is 0 Å².